The second kappa shape index (κ2) is 6.70. The Balaban J connectivity index is 2.25. The first-order valence-electron chi connectivity index (χ1n) is 6.76. The Morgan fingerprint density at radius 2 is 1.46 bits per heavy atom. The lowest BCUT2D eigenvalue weighted by atomic mass is 10.3. The molecule has 0 radical (unpaired) electrons. The topological polar surface area (TPSA) is 97.4 Å². The number of amides is 1. The van der Waals surface area contributed by atoms with Crippen molar-refractivity contribution >= 4 is 25.8 Å². The highest BCUT2D eigenvalue weighted by molar-refractivity contribution is 7.93. The summed E-state index contributed by atoms with van der Waals surface area (Å²) in [6, 6.07) is 11.0. The number of sulfonamides is 1. The molecule has 1 atom stereocenters. The van der Waals surface area contributed by atoms with Crippen LogP contribution in [0.4, 0.5) is 4.39 Å². The number of carbonyl (C=O) groups excluding carboxylic acids is 1. The molecule has 0 saturated carbocycles. The maximum atomic E-state index is 12.9. The first-order chi connectivity index (χ1) is 11.1. The van der Waals surface area contributed by atoms with Gasteiger partial charge in [-0.25, -0.2) is 25.9 Å². The predicted octanol–water partition coefficient (Wildman–Crippen LogP) is 1.49. The van der Waals surface area contributed by atoms with Crippen LogP contribution >= 0.6 is 0 Å². The van der Waals surface area contributed by atoms with E-state index in [1.807, 2.05) is 0 Å². The van der Waals surface area contributed by atoms with Crippen LogP contribution in [0.3, 0.4) is 0 Å². The van der Waals surface area contributed by atoms with E-state index in [1.54, 1.807) is 10.8 Å². The van der Waals surface area contributed by atoms with Gasteiger partial charge in [0.25, 0.3) is 15.9 Å². The summed E-state index contributed by atoms with van der Waals surface area (Å²) in [4.78, 5) is 11.6. The van der Waals surface area contributed by atoms with Crippen LogP contribution in [0, 0.1) is 5.82 Å². The van der Waals surface area contributed by atoms with Gasteiger partial charge in [-0.1, -0.05) is 18.2 Å². The molecular weight excluding hydrogens is 357 g/mol. The monoisotopic (exact) mass is 371 g/mol. The average Bonchev–Trinajstić information content (AvgIpc) is 2.55. The summed E-state index contributed by atoms with van der Waals surface area (Å²) in [5, 5.41) is -1.67. The molecule has 24 heavy (non-hydrogen) atoms. The fraction of sp³-hybridized carbons (Fsp3) is 0.133. The Bertz CT molecular complexity index is 939. The molecule has 1 N–H and O–H groups in total. The third kappa shape index (κ3) is 3.80. The van der Waals surface area contributed by atoms with E-state index in [1.165, 1.54) is 24.3 Å². The smallest absolute Gasteiger partial charge is 0.264 e. The zero-order valence-corrected chi connectivity index (χ0v) is 14.1. The van der Waals surface area contributed by atoms with Crippen molar-refractivity contribution in [3.05, 3.63) is 60.4 Å². The lowest BCUT2D eigenvalue weighted by Crippen LogP contribution is -2.41. The lowest BCUT2D eigenvalue weighted by Gasteiger charge is -2.13. The Hall–Kier alpha value is -2.26. The van der Waals surface area contributed by atoms with Crippen LogP contribution in [-0.4, -0.2) is 28.0 Å². The number of carbonyl (C=O) groups is 1. The van der Waals surface area contributed by atoms with Crippen molar-refractivity contribution in [2.75, 3.05) is 0 Å². The Kier molecular flexibility index (Phi) is 5.05. The van der Waals surface area contributed by atoms with Gasteiger partial charge in [0.05, 0.1) is 9.79 Å². The molecule has 0 aliphatic carbocycles. The van der Waals surface area contributed by atoms with Crippen molar-refractivity contribution in [3.63, 3.8) is 0 Å². The van der Waals surface area contributed by atoms with Gasteiger partial charge in [0.2, 0.25) is 0 Å². The van der Waals surface area contributed by atoms with E-state index in [0.717, 1.165) is 31.2 Å². The molecule has 0 aromatic heterocycles. The molecular formula is C15H14FNO5S2. The van der Waals surface area contributed by atoms with Gasteiger partial charge in [0.15, 0.2) is 9.84 Å². The molecule has 0 aliphatic heterocycles. The fourth-order valence-corrected chi connectivity index (χ4v) is 4.26. The molecule has 9 heteroatoms. The highest BCUT2D eigenvalue weighted by Crippen LogP contribution is 2.17. The molecule has 2 aromatic rings. The number of benzene rings is 2. The molecule has 0 spiro atoms. The minimum atomic E-state index is -4.18. The second-order valence-electron chi connectivity index (χ2n) is 4.92. The maximum Gasteiger partial charge on any atom is 0.264 e. The van der Waals surface area contributed by atoms with Crippen LogP contribution in [0.2, 0.25) is 0 Å². The molecule has 0 fully saturated rings. The van der Waals surface area contributed by atoms with Crippen LogP contribution in [-0.2, 0) is 24.7 Å². The number of nitrogens with one attached hydrogen (secondary N) is 1. The number of rotatable bonds is 5. The molecule has 0 saturated heterocycles. The van der Waals surface area contributed by atoms with Crippen molar-refractivity contribution in [2.45, 2.75) is 22.0 Å². The van der Waals surface area contributed by atoms with Crippen molar-refractivity contribution in [1.29, 1.82) is 0 Å². The molecule has 0 unspecified atom stereocenters. The molecule has 0 heterocycles. The summed E-state index contributed by atoms with van der Waals surface area (Å²) in [5.41, 5.74) is 0. The van der Waals surface area contributed by atoms with Crippen LogP contribution < -0.4 is 4.72 Å². The van der Waals surface area contributed by atoms with E-state index >= 15 is 0 Å². The highest BCUT2D eigenvalue weighted by atomic mass is 32.2. The maximum absolute atomic E-state index is 12.9. The second-order valence-corrected chi connectivity index (χ2v) is 8.87. The third-order valence-electron chi connectivity index (χ3n) is 3.27. The average molecular weight is 371 g/mol. The van der Waals surface area contributed by atoms with E-state index in [0.29, 0.717) is 0 Å². The standard InChI is InChI=1S/C15H14FNO5S2/c1-11(23(19,20)13-9-7-12(16)8-10-13)15(18)17-24(21,22)14-5-3-2-4-6-14/h2-11H,1H3,(H,17,18)/t11-/m1/s1. The van der Waals surface area contributed by atoms with Crippen molar-refractivity contribution in [3.8, 4) is 0 Å². The quantitative estimate of drug-likeness (QED) is 0.803. The van der Waals surface area contributed by atoms with E-state index in [4.69, 9.17) is 0 Å². The number of hydrogen-bond donors (Lipinski definition) is 1. The highest BCUT2D eigenvalue weighted by Gasteiger charge is 2.32. The largest absolute Gasteiger partial charge is 0.273 e. The van der Waals surface area contributed by atoms with Crippen LogP contribution in [0.5, 0.6) is 0 Å². The first kappa shape index (κ1) is 18.1. The van der Waals surface area contributed by atoms with Crippen LogP contribution in [0.1, 0.15) is 6.92 Å². The van der Waals surface area contributed by atoms with E-state index in [2.05, 4.69) is 0 Å². The number of sulfone groups is 1. The molecule has 2 rings (SSSR count). The Morgan fingerprint density at radius 1 is 0.917 bits per heavy atom. The van der Waals surface area contributed by atoms with Gasteiger partial charge in [-0.3, -0.25) is 4.79 Å². The molecule has 2 aromatic carbocycles. The minimum absolute atomic E-state index is 0.162. The molecule has 6 nitrogen and oxygen atoms in total. The SMILES string of the molecule is C[C@H](C(=O)NS(=O)(=O)c1ccccc1)S(=O)(=O)c1ccc(F)cc1. The van der Waals surface area contributed by atoms with Gasteiger partial charge in [-0.05, 0) is 43.3 Å². The summed E-state index contributed by atoms with van der Waals surface area (Å²) in [6.45, 7) is 1.06. The normalized spacial score (nSPS) is 13.2. The first-order valence-corrected chi connectivity index (χ1v) is 9.79. The zero-order chi connectivity index (χ0) is 18.0. The third-order valence-corrected chi connectivity index (χ3v) is 6.70. The van der Waals surface area contributed by atoms with Crippen LogP contribution in [0.25, 0.3) is 0 Å². The summed E-state index contributed by atoms with van der Waals surface area (Å²) in [5.74, 6) is -1.82. The van der Waals surface area contributed by atoms with E-state index in [9.17, 15) is 26.0 Å². The summed E-state index contributed by atoms with van der Waals surface area (Å²) >= 11 is 0. The summed E-state index contributed by atoms with van der Waals surface area (Å²) in [7, 11) is -8.33. The number of hydrogen-bond acceptors (Lipinski definition) is 5. The Morgan fingerprint density at radius 3 is 2.00 bits per heavy atom. The van der Waals surface area contributed by atoms with Crippen molar-refractivity contribution in [2.24, 2.45) is 0 Å². The predicted molar refractivity (Wildman–Crippen MR) is 84.8 cm³/mol. The van der Waals surface area contributed by atoms with E-state index in [-0.39, 0.29) is 9.79 Å². The molecule has 128 valence electrons. The van der Waals surface area contributed by atoms with Gasteiger partial charge in [-0.15, -0.1) is 0 Å². The van der Waals surface area contributed by atoms with Crippen LogP contribution in [0.15, 0.2) is 64.4 Å². The zero-order valence-electron chi connectivity index (χ0n) is 12.5. The van der Waals surface area contributed by atoms with Crippen molar-refractivity contribution < 1.29 is 26.0 Å². The summed E-state index contributed by atoms with van der Waals surface area (Å²) in [6.07, 6.45) is 0. The minimum Gasteiger partial charge on any atom is -0.273 e. The molecule has 0 bridgehead atoms. The van der Waals surface area contributed by atoms with E-state index < -0.39 is 36.8 Å². The van der Waals surface area contributed by atoms with Gasteiger partial charge in [0, 0.05) is 0 Å². The van der Waals surface area contributed by atoms with Gasteiger partial charge < -0.3 is 0 Å². The van der Waals surface area contributed by atoms with Gasteiger partial charge in [0.1, 0.15) is 11.1 Å². The Labute approximate surface area is 139 Å². The molecule has 0 aliphatic rings. The van der Waals surface area contributed by atoms with Gasteiger partial charge in [-0.2, -0.15) is 0 Å². The number of halogens is 1. The van der Waals surface area contributed by atoms with Crippen molar-refractivity contribution in [1.82, 2.24) is 4.72 Å². The summed E-state index contributed by atoms with van der Waals surface area (Å²) < 4.78 is 63.4. The fourth-order valence-electron chi connectivity index (χ4n) is 1.84. The van der Waals surface area contributed by atoms with Gasteiger partial charge >= 0.3 is 0 Å². The molecule has 1 amide bonds. The lowest BCUT2D eigenvalue weighted by molar-refractivity contribution is -0.118.